The zero-order chi connectivity index (χ0) is 26.8. The standard InChI is InChI=1S/C29H37Cl2NO3S/c1-7-15-29(6)17-25(22-9-8-10-24(31)16-22)27(21-11-13-23(30)14-12-21)32(28(29)33)26(19(2)3)18-36(34,35)20(4)5/h7-14,16,19-20,25-27H,1,15,17-18H2,2-6H3/t25-,26?,27?,29+/m1/s1. The molecule has 0 bridgehead atoms. The molecule has 2 aromatic rings. The van der Waals surface area contributed by atoms with Gasteiger partial charge < -0.3 is 4.90 Å². The smallest absolute Gasteiger partial charge is 0.229 e. The van der Waals surface area contributed by atoms with Crippen LogP contribution < -0.4 is 0 Å². The maximum atomic E-state index is 14.4. The van der Waals surface area contributed by atoms with Gasteiger partial charge in [-0.1, -0.05) is 74.3 Å². The summed E-state index contributed by atoms with van der Waals surface area (Å²) in [5.74, 6) is -0.317. The number of sulfone groups is 1. The Morgan fingerprint density at radius 3 is 2.22 bits per heavy atom. The lowest BCUT2D eigenvalue weighted by Gasteiger charge is -2.53. The third kappa shape index (κ3) is 6.00. The van der Waals surface area contributed by atoms with E-state index in [0.717, 1.165) is 11.1 Å². The van der Waals surface area contributed by atoms with E-state index in [1.54, 1.807) is 19.9 Å². The molecule has 0 saturated carbocycles. The molecule has 0 aliphatic carbocycles. The number of rotatable bonds is 9. The number of nitrogens with zero attached hydrogens (tertiary/aromatic N) is 1. The fourth-order valence-corrected chi connectivity index (χ4v) is 7.01. The number of carbonyl (C=O) groups is 1. The van der Waals surface area contributed by atoms with Crippen molar-refractivity contribution in [2.75, 3.05) is 5.75 Å². The van der Waals surface area contributed by atoms with Crippen LogP contribution in [0.25, 0.3) is 0 Å². The number of halogens is 2. The molecule has 1 amide bonds. The molecule has 196 valence electrons. The molecule has 0 N–H and O–H groups in total. The molecular weight excluding hydrogens is 513 g/mol. The topological polar surface area (TPSA) is 54.5 Å². The lowest BCUT2D eigenvalue weighted by molar-refractivity contribution is -0.155. The molecular formula is C29H37Cl2NO3S. The van der Waals surface area contributed by atoms with Crippen molar-refractivity contribution in [3.05, 3.63) is 82.4 Å². The van der Waals surface area contributed by atoms with Gasteiger partial charge in [0.15, 0.2) is 9.84 Å². The summed E-state index contributed by atoms with van der Waals surface area (Å²) in [7, 11) is -3.42. The van der Waals surface area contributed by atoms with Gasteiger partial charge in [-0.3, -0.25) is 4.79 Å². The van der Waals surface area contributed by atoms with Gasteiger partial charge in [-0.25, -0.2) is 8.42 Å². The summed E-state index contributed by atoms with van der Waals surface area (Å²) in [5, 5.41) is 0.695. The second kappa shape index (κ2) is 11.3. The Morgan fingerprint density at radius 1 is 1.06 bits per heavy atom. The Labute approximate surface area is 226 Å². The summed E-state index contributed by atoms with van der Waals surface area (Å²) in [4.78, 5) is 16.2. The molecule has 4 atom stereocenters. The van der Waals surface area contributed by atoms with Gasteiger partial charge >= 0.3 is 0 Å². The normalized spacial score (nSPS) is 23.8. The molecule has 1 aliphatic rings. The van der Waals surface area contributed by atoms with Crippen molar-refractivity contribution in [2.24, 2.45) is 11.3 Å². The Bertz CT molecular complexity index is 1190. The van der Waals surface area contributed by atoms with Crippen molar-refractivity contribution in [3.8, 4) is 0 Å². The molecule has 3 rings (SSSR count). The van der Waals surface area contributed by atoms with E-state index in [2.05, 4.69) is 6.58 Å². The lowest BCUT2D eigenvalue weighted by Crippen LogP contribution is -2.58. The summed E-state index contributed by atoms with van der Waals surface area (Å²) in [6.07, 6.45) is 2.86. The maximum Gasteiger partial charge on any atom is 0.229 e. The van der Waals surface area contributed by atoms with E-state index in [4.69, 9.17) is 23.2 Å². The first-order chi connectivity index (χ1) is 16.8. The van der Waals surface area contributed by atoms with Crippen LogP contribution in [0.4, 0.5) is 0 Å². The monoisotopic (exact) mass is 549 g/mol. The maximum absolute atomic E-state index is 14.4. The van der Waals surface area contributed by atoms with E-state index in [-0.39, 0.29) is 29.5 Å². The first kappa shape index (κ1) is 28.7. The summed E-state index contributed by atoms with van der Waals surface area (Å²) in [6.45, 7) is 13.2. The van der Waals surface area contributed by atoms with E-state index >= 15 is 0 Å². The number of benzene rings is 2. The Morgan fingerprint density at radius 2 is 1.69 bits per heavy atom. The minimum Gasteiger partial charge on any atom is -0.330 e. The zero-order valence-corrected chi connectivity index (χ0v) is 24.1. The van der Waals surface area contributed by atoms with Crippen LogP contribution in [0.1, 0.15) is 70.5 Å². The third-order valence-corrected chi connectivity index (χ3v) is 10.2. The van der Waals surface area contributed by atoms with E-state index in [1.165, 1.54) is 0 Å². The molecule has 0 radical (unpaired) electrons. The molecule has 2 aromatic carbocycles. The Hall–Kier alpha value is -1.82. The zero-order valence-electron chi connectivity index (χ0n) is 21.7. The van der Waals surface area contributed by atoms with E-state index < -0.39 is 26.5 Å². The van der Waals surface area contributed by atoms with Crippen molar-refractivity contribution in [3.63, 3.8) is 0 Å². The van der Waals surface area contributed by atoms with Crippen LogP contribution in [0.3, 0.4) is 0 Å². The molecule has 0 spiro atoms. The molecule has 2 unspecified atom stereocenters. The van der Waals surface area contributed by atoms with Crippen molar-refractivity contribution in [1.29, 1.82) is 0 Å². The number of likely N-dealkylation sites (tertiary alicyclic amines) is 1. The summed E-state index contributed by atoms with van der Waals surface area (Å²) in [5.41, 5.74) is 1.21. The van der Waals surface area contributed by atoms with Gasteiger partial charge in [-0.05, 0) is 68.0 Å². The average Bonchev–Trinajstić information content (AvgIpc) is 2.80. The van der Waals surface area contributed by atoms with E-state index in [0.29, 0.717) is 22.9 Å². The number of carbonyl (C=O) groups excluding carboxylic acids is 1. The third-order valence-electron chi connectivity index (χ3n) is 7.43. The van der Waals surface area contributed by atoms with Gasteiger partial charge in [0.2, 0.25) is 5.91 Å². The number of hydrogen-bond acceptors (Lipinski definition) is 3. The van der Waals surface area contributed by atoms with Crippen LogP contribution in [-0.2, 0) is 14.6 Å². The number of piperidine rings is 1. The highest BCUT2D eigenvalue weighted by Crippen LogP contribution is 2.52. The number of amides is 1. The van der Waals surface area contributed by atoms with Crippen molar-refractivity contribution in [2.45, 2.75) is 70.7 Å². The Kier molecular flexibility index (Phi) is 9.01. The summed E-state index contributed by atoms with van der Waals surface area (Å²) < 4.78 is 26.4. The van der Waals surface area contributed by atoms with Crippen LogP contribution in [-0.4, -0.2) is 36.3 Å². The predicted octanol–water partition coefficient (Wildman–Crippen LogP) is 7.48. The van der Waals surface area contributed by atoms with Gasteiger partial charge in [0.1, 0.15) is 0 Å². The number of hydrogen-bond donors (Lipinski definition) is 0. The second-order valence-corrected chi connectivity index (χ2v) is 14.3. The number of allylic oxidation sites excluding steroid dienone is 1. The van der Waals surface area contributed by atoms with Gasteiger partial charge in [0.05, 0.1) is 22.5 Å². The van der Waals surface area contributed by atoms with Gasteiger partial charge in [0, 0.05) is 22.0 Å². The van der Waals surface area contributed by atoms with Crippen LogP contribution in [0.2, 0.25) is 10.0 Å². The molecule has 1 heterocycles. The molecule has 1 saturated heterocycles. The molecule has 36 heavy (non-hydrogen) atoms. The van der Waals surface area contributed by atoms with E-state index in [1.807, 2.05) is 74.2 Å². The molecule has 0 aromatic heterocycles. The summed E-state index contributed by atoms with van der Waals surface area (Å²) in [6, 6.07) is 14.4. The highest BCUT2D eigenvalue weighted by Gasteiger charge is 2.52. The molecule has 1 fully saturated rings. The first-order valence-corrected chi connectivity index (χ1v) is 14.9. The van der Waals surface area contributed by atoms with Gasteiger partial charge in [-0.2, -0.15) is 0 Å². The quantitative estimate of drug-likeness (QED) is 0.304. The van der Waals surface area contributed by atoms with Gasteiger partial charge in [-0.15, -0.1) is 6.58 Å². The fourth-order valence-electron chi connectivity index (χ4n) is 5.28. The van der Waals surface area contributed by atoms with Crippen molar-refractivity contribution >= 4 is 38.9 Å². The van der Waals surface area contributed by atoms with Crippen LogP contribution in [0.15, 0.2) is 61.2 Å². The van der Waals surface area contributed by atoms with E-state index in [9.17, 15) is 13.2 Å². The fraction of sp³-hybridized carbons (Fsp3) is 0.483. The summed E-state index contributed by atoms with van der Waals surface area (Å²) >= 11 is 12.6. The largest absolute Gasteiger partial charge is 0.330 e. The predicted molar refractivity (Wildman–Crippen MR) is 150 cm³/mol. The van der Waals surface area contributed by atoms with Crippen LogP contribution >= 0.6 is 23.2 Å². The minimum absolute atomic E-state index is 0.0433. The van der Waals surface area contributed by atoms with Crippen molar-refractivity contribution in [1.82, 2.24) is 4.90 Å². The lowest BCUT2D eigenvalue weighted by atomic mass is 9.67. The Balaban J connectivity index is 2.29. The highest BCUT2D eigenvalue weighted by atomic mass is 35.5. The van der Waals surface area contributed by atoms with Gasteiger partial charge in [0.25, 0.3) is 0 Å². The van der Waals surface area contributed by atoms with Crippen molar-refractivity contribution < 1.29 is 13.2 Å². The first-order valence-electron chi connectivity index (χ1n) is 12.5. The molecule has 4 nitrogen and oxygen atoms in total. The SMILES string of the molecule is C=CC[C@@]1(C)C[C@H](c2cccc(Cl)c2)C(c2ccc(Cl)cc2)N(C(CS(=O)(=O)C(C)C)C(C)C)C1=O. The second-order valence-electron chi connectivity index (χ2n) is 10.8. The van der Waals surface area contributed by atoms with Crippen LogP contribution in [0.5, 0.6) is 0 Å². The minimum atomic E-state index is -3.42. The van der Waals surface area contributed by atoms with Crippen LogP contribution in [0, 0.1) is 11.3 Å². The molecule has 1 aliphatic heterocycles. The molecule has 7 heteroatoms. The highest BCUT2D eigenvalue weighted by molar-refractivity contribution is 7.92. The average molecular weight is 551 g/mol.